The zero-order chi connectivity index (χ0) is 27.2. The van der Waals surface area contributed by atoms with E-state index in [4.69, 9.17) is 19.6 Å². The number of fused-ring (bicyclic) bond motifs is 2. The first-order chi connectivity index (χ1) is 17.6. The summed E-state index contributed by atoms with van der Waals surface area (Å²) in [5.74, 6) is 0.0231. The van der Waals surface area contributed by atoms with Gasteiger partial charge in [0.2, 0.25) is 0 Å². The van der Waals surface area contributed by atoms with E-state index in [0.717, 1.165) is 83.0 Å². The van der Waals surface area contributed by atoms with Gasteiger partial charge in [0.05, 0.1) is 6.61 Å². The Kier molecular flexibility index (Phi) is 10.1. The van der Waals surface area contributed by atoms with Crippen LogP contribution in [0.25, 0.3) is 22.2 Å². The van der Waals surface area contributed by atoms with Crippen LogP contribution in [0.5, 0.6) is 5.75 Å². The highest BCUT2D eigenvalue weighted by Crippen LogP contribution is 2.41. The number of ether oxygens (including phenoxy) is 1. The Hall–Kier alpha value is -2.43. The zero-order valence-electron chi connectivity index (χ0n) is 23.0. The third-order valence-corrected chi connectivity index (χ3v) is 7.25. The molecule has 1 aliphatic rings. The summed E-state index contributed by atoms with van der Waals surface area (Å²) >= 11 is 0. The predicted octanol–water partition coefficient (Wildman–Crippen LogP) is 7.22. The molecule has 0 fully saturated rings. The topological polar surface area (TPSA) is 72.3 Å². The smallest absolute Gasteiger partial charge is 0.165 e. The molecule has 0 spiro atoms. The molecule has 5 nitrogen and oxygen atoms in total. The second-order valence-corrected chi connectivity index (χ2v) is 12.4. The molecule has 0 radical (unpaired) electrons. The van der Waals surface area contributed by atoms with Gasteiger partial charge in [-0.05, 0) is 80.0 Å². The summed E-state index contributed by atoms with van der Waals surface area (Å²) in [5, 5.41) is 0.987. The van der Waals surface area contributed by atoms with Crippen LogP contribution in [0, 0.1) is 19.7 Å². The summed E-state index contributed by atoms with van der Waals surface area (Å²) in [6.07, 6.45) is 7.13. The molecule has 0 saturated heterocycles. The van der Waals surface area contributed by atoms with Gasteiger partial charge in [0, 0.05) is 42.7 Å². The van der Waals surface area contributed by atoms with Crippen LogP contribution < -0.4 is 4.74 Å². The molecular formula is C30H40FN2O3P. The summed E-state index contributed by atoms with van der Waals surface area (Å²) in [5.41, 5.74) is 6.87. The molecule has 1 aromatic carbocycles. The highest BCUT2D eigenvalue weighted by molar-refractivity contribution is 7.33. The van der Waals surface area contributed by atoms with E-state index in [1.807, 2.05) is 46.8 Å². The van der Waals surface area contributed by atoms with Crippen LogP contribution in [-0.2, 0) is 24.1 Å². The second-order valence-electron chi connectivity index (χ2n) is 10.7. The van der Waals surface area contributed by atoms with Crippen LogP contribution in [0.1, 0.15) is 81.5 Å². The van der Waals surface area contributed by atoms with Crippen LogP contribution in [-0.4, -0.2) is 32.9 Å². The number of unbranched alkanes of at least 4 members (excludes halogenated alkanes) is 2. The highest BCUT2D eigenvalue weighted by atomic mass is 31.1. The van der Waals surface area contributed by atoms with Gasteiger partial charge in [-0.1, -0.05) is 40.5 Å². The number of hydrogen-bond donors (Lipinski definition) is 1. The van der Waals surface area contributed by atoms with Gasteiger partial charge in [-0.2, -0.15) is 0 Å². The molecule has 0 saturated carbocycles. The van der Waals surface area contributed by atoms with Gasteiger partial charge in [-0.25, -0.2) is 14.4 Å². The van der Waals surface area contributed by atoms with E-state index in [-0.39, 0.29) is 26.2 Å². The van der Waals surface area contributed by atoms with Gasteiger partial charge in [0.15, 0.2) is 17.2 Å². The van der Waals surface area contributed by atoms with Crippen molar-refractivity contribution in [3.05, 3.63) is 52.1 Å². The van der Waals surface area contributed by atoms with Crippen LogP contribution in [0.4, 0.5) is 4.39 Å². The lowest BCUT2D eigenvalue weighted by Crippen LogP contribution is -2.13. The average molecular weight is 527 g/mol. The molecule has 2 aromatic heterocycles. The van der Waals surface area contributed by atoms with Gasteiger partial charge >= 0.3 is 0 Å². The SMILES string of the molecule is CC(C)(C)PO.CCCCCc1ccc2c(-c3cc(F)c4c(c3C)CCCO4)c(CC=O)c(C)nc2n1. The Morgan fingerprint density at radius 3 is 2.57 bits per heavy atom. The molecule has 7 heteroatoms. The maximum atomic E-state index is 15.0. The molecular weight excluding hydrogens is 486 g/mol. The highest BCUT2D eigenvalue weighted by Gasteiger charge is 2.24. The van der Waals surface area contributed by atoms with Crippen molar-refractivity contribution in [1.82, 2.24) is 9.97 Å². The van der Waals surface area contributed by atoms with E-state index in [2.05, 4.69) is 6.92 Å². The maximum absolute atomic E-state index is 15.0. The summed E-state index contributed by atoms with van der Waals surface area (Å²) in [7, 11) is 0.0671. The minimum Gasteiger partial charge on any atom is -0.490 e. The van der Waals surface area contributed by atoms with Gasteiger partial charge in [0.1, 0.15) is 6.29 Å². The molecule has 0 bridgehead atoms. The summed E-state index contributed by atoms with van der Waals surface area (Å²) in [4.78, 5) is 29.5. The summed E-state index contributed by atoms with van der Waals surface area (Å²) < 4.78 is 20.6. The Labute approximate surface area is 222 Å². The lowest BCUT2D eigenvalue weighted by molar-refractivity contribution is -0.107. The Morgan fingerprint density at radius 2 is 1.92 bits per heavy atom. The molecule has 1 atom stereocenters. The number of aryl methyl sites for hydroxylation is 2. The first-order valence-corrected chi connectivity index (χ1v) is 14.1. The van der Waals surface area contributed by atoms with E-state index < -0.39 is 0 Å². The van der Waals surface area contributed by atoms with Gasteiger partial charge in [-0.3, -0.25) is 0 Å². The lowest BCUT2D eigenvalue weighted by atomic mass is 9.87. The summed E-state index contributed by atoms with van der Waals surface area (Å²) in [6.45, 7) is 12.7. The van der Waals surface area contributed by atoms with Crippen molar-refractivity contribution in [3.8, 4) is 16.9 Å². The first-order valence-electron chi connectivity index (χ1n) is 13.2. The van der Waals surface area contributed by atoms with E-state index in [0.29, 0.717) is 18.0 Å². The molecule has 3 heterocycles. The number of hydrogen-bond acceptors (Lipinski definition) is 5. The number of aldehydes is 1. The number of nitrogens with zero attached hydrogens (tertiary/aromatic N) is 2. The van der Waals surface area contributed by atoms with Gasteiger partial charge < -0.3 is 14.4 Å². The third-order valence-electron chi connectivity index (χ3n) is 6.58. The first kappa shape index (κ1) is 29.1. The number of benzene rings is 1. The van der Waals surface area contributed by atoms with Crippen molar-refractivity contribution in [2.24, 2.45) is 0 Å². The standard InChI is InChI=1S/C26H29FN2O2.C4H11OP/c1-4-5-6-8-18-10-11-21-24(20(12-13-30)17(3)28-26(21)29-18)22-15-23(27)25-19(16(22)2)9-7-14-31-25;1-4(2,3)6-5/h10-11,13,15H,4-9,12,14H2,1-3H3;5-6H,1-3H3. The molecule has 0 amide bonds. The van der Waals surface area contributed by atoms with Crippen molar-refractivity contribution in [3.63, 3.8) is 0 Å². The zero-order valence-corrected chi connectivity index (χ0v) is 24.0. The van der Waals surface area contributed by atoms with Crippen LogP contribution >= 0.6 is 8.81 Å². The van der Waals surface area contributed by atoms with Crippen molar-refractivity contribution < 1.29 is 18.8 Å². The van der Waals surface area contributed by atoms with E-state index in [9.17, 15) is 4.79 Å². The van der Waals surface area contributed by atoms with E-state index >= 15 is 4.39 Å². The number of carbonyl (C=O) groups is 1. The monoisotopic (exact) mass is 526 g/mol. The van der Waals surface area contributed by atoms with Gasteiger partial charge in [0.25, 0.3) is 0 Å². The van der Waals surface area contributed by atoms with E-state index in [1.165, 1.54) is 6.42 Å². The summed E-state index contributed by atoms with van der Waals surface area (Å²) in [6, 6.07) is 5.63. The Balaban J connectivity index is 0.000000568. The number of rotatable bonds is 7. The molecule has 3 aromatic rings. The normalized spacial score (nSPS) is 13.3. The molecule has 1 aliphatic heterocycles. The van der Waals surface area contributed by atoms with Crippen molar-refractivity contribution in [2.45, 2.75) is 91.6 Å². The van der Waals surface area contributed by atoms with Crippen LogP contribution in [0.15, 0.2) is 18.2 Å². The lowest BCUT2D eigenvalue weighted by Gasteiger charge is -2.23. The largest absolute Gasteiger partial charge is 0.490 e. The fourth-order valence-electron chi connectivity index (χ4n) is 4.59. The number of aromatic nitrogens is 2. The molecule has 4 rings (SSSR count). The van der Waals surface area contributed by atoms with E-state index in [1.54, 1.807) is 6.07 Å². The molecule has 200 valence electrons. The molecule has 0 aliphatic carbocycles. The van der Waals surface area contributed by atoms with Crippen molar-refractivity contribution in [2.75, 3.05) is 6.61 Å². The minimum atomic E-state index is -0.348. The minimum absolute atomic E-state index is 0.0671. The second kappa shape index (κ2) is 12.9. The fourth-order valence-corrected chi connectivity index (χ4v) is 4.59. The number of carbonyl (C=O) groups excluding carboxylic acids is 1. The molecule has 1 unspecified atom stereocenters. The quantitative estimate of drug-likeness (QED) is 0.200. The van der Waals surface area contributed by atoms with Gasteiger partial charge in [-0.15, -0.1) is 0 Å². The third kappa shape index (κ3) is 7.12. The number of pyridine rings is 2. The molecule has 1 N–H and O–H groups in total. The average Bonchev–Trinajstić information content (AvgIpc) is 2.87. The predicted molar refractivity (Wildman–Crippen MR) is 152 cm³/mol. The number of halogens is 1. The Bertz CT molecular complexity index is 1250. The van der Waals surface area contributed by atoms with Crippen molar-refractivity contribution in [1.29, 1.82) is 0 Å². The Morgan fingerprint density at radius 1 is 1.19 bits per heavy atom. The molecule has 37 heavy (non-hydrogen) atoms. The fraction of sp³-hybridized carbons (Fsp3) is 0.500. The van der Waals surface area contributed by atoms with Crippen LogP contribution in [0.2, 0.25) is 0 Å². The maximum Gasteiger partial charge on any atom is 0.165 e. The van der Waals surface area contributed by atoms with Crippen molar-refractivity contribution >= 4 is 26.1 Å². The van der Waals surface area contributed by atoms with Crippen LogP contribution in [0.3, 0.4) is 0 Å².